The zero-order valence-corrected chi connectivity index (χ0v) is 15.4. The summed E-state index contributed by atoms with van der Waals surface area (Å²) >= 11 is 0. The molecule has 0 amide bonds. The molecule has 0 saturated heterocycles. The summed E-state index contributed by atoms with van der Waals surface area (Å²) in [7, 11) is -0.109. The van der Waals surface area contributed by atoms with E-state index in [2.05, 4.69) is 0 Å². The average Bonchev–Trinajstić information content (AvgIpc) is 2.65. The van der Waals surface area contributed by atoms with Gasteiger partial charge in [-0.25, -0.2) is 8.42 Å². The van der Waals surface area contributed by atoms with Gasteiger partial charge in [-0.05, 0) is 41.7 Å². The first kappa shape index (κ1) is 17.8. The Morgan fingerprint density at radius 3 is 2.28 bits per heavy atom. The van der Waals surface area contributed by atoms with E-state index in [-0.39, 0.29) is 5.75 Å². The first-order chi connectivity index (χ1) is 12.0. The molecule has 0 atom stereocenters. The molecule has 134 valence electrons. The molecular formula is C19H23NO4S. The van der Waals surface area contributed by atoms with Crippen molar-refractivity contribution in [2.45, 2.75) is 19.4 Å². The van der Waals surface area contributed by atoms with Crippen LogP contribution in [-0.2, 0) is 29.4 Å². The Morgan fingerprint density at radius 2 is 1.64 bits per heavy atom. The van der Waals surface area contributed by atoms with Crippen LogP contribution < -0.4 is 9.47 Å². The molecule has 5 nitrogen and oxygen atoms in total. The molecule has 2 aromatic carbocycles. The molecule has 2 aromatic rings. The standard InChI is InChI=1S/C19H23NO4S/c1-23-18-12-16-8-10-20(14-17(16)13-19(18)24-2)25(21,22)11-9-15-6-4-3-5-7-15/h3-7,12-13H,8-11,14H2,1-2H3. The van der Waals surface area contributed by atoms with Gasteiger partial charge in [0.2, 0.25) is 10.0 Å². The van der Waals surface area contributed by atoms with Crippen LogP contribution in [0, 0.1) is 0 Å². The number of benzene rings is 2. The highest BCUT2D eigenvalue weighted by Gasteiger charge is 2.27. The highest BCUT2D eigenvalue weighted by Crippen LogP contribution is 2.33. The molecule has 1 heterocycles. The largest absolute Gasteiger partial charge is 0.493 e. The lowest BCUT2D eigenvalue weighted by Crippen LogP contribution is -2.37. The Hall–Kier alpha value is -2.05. The van der Waals surface area contributed by atoms with Gasteiger partial charge in [-0.1, -0.05) is 30.3 Å². The van der Waals surface area contributed by atoms with Gasteiger partial charge in [-0.15, -0.1) is 0 Å². The number of hydrogen-bond acceptors (Lipinski definition) is 4. The molecular weight excluding hydrogens is 338 g/mol. The third-order valence-electron chi connectivity index (χ3n) is 4.57. The van der Waals surface area contributed by atoms with Crippen molar-refractivity contribution in [1.29, 1.82) is 0 Å². The SMILES string of the molecule is COc1cc2c(cc1OC)CN(S(=O)(=O)CCc1ccccc1)CC2. The summed E-state index contributed by atoms with van der Waals surface area (Å²) in [6.07, 6.45) is 1.21. The van der Waals surface area contributed by atoms with E-state index in [9.17, 15) is 8.42 Å². The molecule has 0 aromatic heterocycles. The van der Waals surface area contributed by atoms with Crippen molar-refractivity contribution in [3.8, 4) is 11.5 Å². The normalized spacial score (nSPS) is 14.8. The van der Waals surface area contributed by atoms with E-state index < -0.39 is 10.0 Å². The first-order valence-corrected chi connectivity index (χ1v) is 9.90. The number of rotatable bonds is 6. The summed E-state index contributed by atoms with van der Waals surface area (Å²) in [5, 5.41) is 0. The Kier molecular flexibility index (Phi) is 5.30. The molecule has 3 rings (SSSR count). The van der Waals surface area contributed by atoms with Crippen molar-refractivity contribution in [2.24, 2.45) is 0 Å². The van der Waals surface area contributed by atoms with Crippen LogP contribution in [0.25, 0.3) is 0 Å². The molecule has 0 radical (unpaired) electrons. The second kappa shape index (κ2) is 7.45. The van der Waals surface area contributed by atoms with E-state index in [0.717, 1.165) is 16.7 Å². The van der Waals surface area contributed by atoms with E-state index in [1.807, 2.05) is 42.5 Å². The number of nitrogens with zero attached hydrogens (tertiary/aromatic N) is 1. The Morgan fingerprint density at radius 1 is 1.00 bits per heavy atom. The molecule has 25 heavy (non-hydrogen) atoms. The fourth-order valence-corrected chi connectivity index (χ4v) is 4.57. The van der Waals surface area contributed by atoms with Crippen molar-refractivity contribution in [3.63, 3.8) is 0 Å². The fraction of sp³-hybridized carbons (Fsp3) is 0.368. The van der Waals surface area contributed by atoms with E-state index in [1.165, 1.54) is 0 Å². The summed E-state index contributed by atoms with van der Waals surface area (Å²) in [5.41, 5.74) is 3.13. The minimum atomic E-state index is -3.30. The van der Waals surface area contributed by atoms with Crippen molar-refractivity contribution < 1.29 is 17.9 Å². The Bertz CT molecular complexity index is 834. The molecule has 0 bridgehead atoms. The maximum Gasteiger partial charge on any atom is 0.214 e. The molecule has 1 aliphatic heterocycles. The van der Waals surface area contributed by atoms with Gasteiger partial charge in [-0.2, -0.15) is 4.31 Å². The van der Waals surface area contributed by atoms with Crippen LogP contribution in [0.3, 0.4) is 0 Å². The van der Waals surface area contributed by atoms with Crippen LogP contribution >= 0.6 is 0 Å². The lowest BCUT2D eigenvalue weighted by Gasteiger charge is -2.29. The average molecular weight is 361 g/mol. The lowest BCUT2D eigenvalue weighted by molar-refractivity contribution is 0.348. The van der Waals surface area contributed by atoms with Gasteiger partial charge in [0, 0.05) is 13.1 Å². The van der Waals surface area contributed by atoms with Crippen LogP contribution in [0.4, 0.5) is 0 Å². The van der Waals surface area contributed by atoms with Gasteiger partial charge in [0.25, 0.3) is 0 Å². The number of hydrogen-bond donors (Lipinski definition) is 0. The van der Waals surface area contributed by atoms with Gasteiger partial charge in [-0.3, -0.25) is 0 Å². The number of sulfonamides is 1. The number of ether oxygens (including phenoxy) is 2. The predicted octanol–water partition coefficient (Wildman–Crippen LogP) is 2.63. The molecule has 0 aliphatic carbocycles. The van der Waals surface area contributed by atoms with Gasteiger partial charge < -0.3 is 9.47 Å². The van der Waals surface area contributed by atoms with Gasteiger partial charge in [0.05, 0.1) is 20.0 Å². The monoisotopic (exact) mass is 361 g/mol. The smallest absolute Gasteiger partial charge is 0.214 e. The molecule has 0 spiro atoms. The summed E-state index contributed by atoms with van der Waals surface area (Å²) in [6.45, 7) is 0.881. The summed E-state index contributed by atoms with van der Waals surface area (Å²) in [5.74, 6) is 1.44. The highest BCUT2D eigenvalue weighted by atomic mass is 32.2. The Balaban J connectivity index is 1.75. The van der Waals surface area contributed by atoms with Crippen molar-refractivity contribution in [1.82, 2.24) is 4.31 Å². The number of fused-ring (bicyclic) bond motifs is 1. The molecule has 0 saturated carbocycles. The predicted molar refractivity (Wildman–Crippen MR) is 97.6 cm³/mol. The van der Waals surface area contributed by atoms with Gasteiger partial charge in [0.1, 0.15) is 0 Å². The van der Waals surface area contributed by atoms with Crippen molar-refractivity contribution in [3.05, 3.63) is 59.2 Å². The molecule has 0 unspecified atom stereocenters. The zero-order chi connectivity index (χ0) is 17.9. The van der Waals surface area contributed by atoms with Crippen LogP contribution in [0.15, 0.2) is 42.5 Å². The molecule has 1 aliphatic rings. The van der Waals surface area contributed by atoms with Crippen LogP contribution in [0.5, 0.6) is 11.5 Å². The highest BCUT2D eigenvalue weighted by molar-refractivity contribution is 7.89. The number of methoxy groups -OCH3 is 2. The zero-order valence-electron chi connectivity index (χ0n) is 14.6. The summed E-state index contributed by atoms with van der Waals surface area (Å²) < 4.78 is 37.7. The van der Waals surface area contributed by atoms with E-state index >= 15 is 0 Å². The van der Waals surface area contributed by atoms with Crippen LogP contribution in [0.1, 0.15) is 16.7 Å². The quantitative estimate of drug-likeness (QED) is 0.794. The maximum absolute atomic E-state index is 12.7. The summed E-state index contributed by atoms with van der Waals surface area (Å²) in [4.78, 5) is 0. The second-order valence-corrected chi connectivity index (χ2v) is 8.20. The molecule has 0 N–H and O–H groups in total. The minimum Gasteiger partial charge on any atom is -0.493 e. The molecule has 6 heteroatoms. The summed E-state index contributed by atoms with van der Waals surface area (Å²) in [6, 6.07) is 13.5. The molecule has 0 fully saturated rings. The van der Waals surface area contributed by atoms with E-state index in [0.29, 0.717) is 37.4 Å². The van der Waals surface area contributed by atoms with Crippen molar-refractivity contribution in [2.75, 3.05) is 26.5 Å². The third kappa shape index (κ3) is 3.96. The van der Waals surface area contributed by atoms with Gasteiger partial charge in [0.15, 0.2) is 11.5 Å². The van der Waals surface area contributed by atoms with Crippen LogP contribution in [-0.4, -0.2) is 39.2 Å². The first-order valence-electron chi connectivity index (χ1n) is 8.29. The van der Waals surface area contributed by atoms with E-state index in [4.69, 9.17) is 9.47 Å². The fourth-order valence-electron chi connectivity index (χ4n) is 3.12. The topological polar surface area (TPSA) is 55.8 Å². The van der Waals surface area contributed by atoms with Gasteiger partial charge >= 0.3 is 0 Å². The Labute approximate surface area is 149 Å². The minimum absolute atomic E-state index is 0.125. The lowest BCUT2D eigenvalue weighted by atomic mass is 10.0. The maximum atomic E-state index is 12.7. The number of aryl methyl sites for hydroxylation is 1. The third-order valence-corrected chi connectivity index (χ3v) is 6.39. The van der Waals surface area contributed by atoms with Crippen molar-refractivity contribution >= 4 is 10.0 Å². The second-order valence-electron chi connectivity index (χ2n) is 6.11. The van der Waals surface area contributed by atoms with Crippen LogP contribution in [0.2, 0.25) is 0 Å². The van der Waals surface area contributed by atoms with E-state index in [1.54, 1.807) is 18.5 Å².